The third-order valence-corrected chi connectivity index (χ3v) is 5.25. The minimum atomic E-state index is -0.520. The van der Waals surface area contributed by atoms with Crippen LogP contribution in [0, 0.1) is 17.0 Å². The van der Waals surface area contributed by atoms with E-state index in [0.717, 1.165) is 5.56 Å². The van der Waals surface area contributed by atoms with Gasteiger partial charge in [-0.3, -0.25) is 20.0 Å². The molecule has 0 unspecified atom stereocenters. The van der Waals surface area contributed by atoms with Crippen molar-refractivity contribution in [1.29, 1.82) is 0 Å². The van der Waals surface area contributed by atoms with E-state index in [1.54, 1.807) is 25.1 Å². The molecule has 150 valence electrons. The highest BCUT2D eigenvalue weighted by molar-refractivity contribution is 7.12. The first-order valence-corrected chi connectivity index (χ1v) is 9.88. The average Bonchev–Trinajstić information content (AvgIpc) is 3.32. The highest BCUT2D eigenvalue weighted by Crippen LogP contribution is 2.26. The van der Waals surface area contributed by atoms with Crippen LogP contribution in [0.5, 0.6) is 0 Å². The molecular weight excluding hydrogens is 428 g/mol. The topological polar surface area (TPSA) is 119 Å². The smallest absolute Gasteiger partial charge is 0.291 e. The molecule has 2 aromatic carbocycles. The molecule has 0 radical (unpaired) electrons. The minimum Gasteiger partial charge on any atom is -0.291 e. The van der Waals surface area contributed by atoms with Crippen LogP contribution in [-0.2, 0) is 0 Å². The molecule has 11 heteroatoms. The van der Waals surface area contributed by atoms with Gasteiger partial charge in [-0.05, 0) is 25.1 Å². The van der Waals surface area contributed by atoms with Crippen molar-refractivity contribution in [2.45, 2.75) is 6.92 Å². The van der Waals surface area contributed by atoms with E-state index in [1.807, 2.05) is 17.5 Å². The summed E-state index contributed by atoms with van der Waals surface area (Å²) in [6.07, 6.45) is 0. The molecule has 0 saturated heterocycles. The Hall–Kier alpha value is -3.63. The van der Waals surface area contributed by atoms with Crippen LogP contribution in [-0.4, -0.2) is 19.7 Å². The zero-order valence-electron chi connectivity index (χ0n) is 15.4. The minimum absolute atomic E-state index is 0.102. The van der Waals surface area contributed by atoms with Crippen molar-refractivity contribution in [3.05, 3.63) is 85.1 Å². The number of rotatable bonds is 5. The Morgan fingerprint density at radius 2 is 1.97 bits per heavy atom. The molecule has 0 aliphatic heterocycles. The molecule has 0 atom stereocenters. The number of halogens is 1. The van der Waals surface area contributed by atoms with Crippen LogP contribution in [0.1, 0.15) is 5.69 Å². The summed E-state index contributed by atoms with van der Waals surface area (Å²) in [7, 11) is 0. The summed E-state index contributed by atoms with van der Waals surface area (Å²) < 4.78 is 1.29. The Kier molecular flexibility index (Phi) is 5.25. The van der Waals surface area contributed by atoms with Gasteiger partial charge < -0.3 is 0 Å². The van der Waals surface area contributed by atoms with Gasteiger partial charge in [0.25, 0.3) is 5.69 Å². The number of non-ortho nitro benzene ring substituents is 1. The van der Waals surface area contributed by atoms with Gasteiger partial charge in [0.05, 0.1) is 22.0 Å². The Balaban J connectivity index is 1.64. The van der Waals surface area contributed by atoms with Gasteiger partial charge in [0.2, 0.25) is 5.13 Å². The number of thiazole rings is 1. The first kappa shape index (κ1) is 19.7. The molecule has 4 rings (SSSR count). The second kappa shape index (κ2) is 8.01. The van der Waals surface area contributed by atoms with Crippen LogP contribution in [0.3, 0.4) is 0 Å². The van der Waals surface area contributed by atoms with Gasteiger partial charge in [-0.25, -0.2) is 4.98 Å². The highest BCUT2D eigenvalue weighted by atomic mass is 35.5. The summed E-state index contributed by atoms with van der Waals surface area (Å²) in [5, 5.41) is 24.7. The largest absolute Gasteiger partial charge is 0.301 e. The summed E-state index contributed by atoms with van der Waals surface area (Å²) in [6, 6.07) is 12.9. The quantitative estimate of drug-likeness (QED) is 0.247. The van der Waals surface area contributed by atoms with Gasteiger partial charge in [-0.15, -0.1) is 16.5 Å². The molecule has 0 fully saturated rings. The zero-order chi connectivity index (χ0) is 21.3. The standard InChI is InChI=1S/C19H13ClN6O3S/c1-11-17(23-22-14-3-2-4-15(9-14)26(28)29)18(27)25(24-11)19-21-16(10-30-19)12-5-7-13(20)8-6-12/h2-10,24H,1H3. The first-order valence-electron chi connectivity index (χ1n) is 8.62. The summed E-state index contributed by atoms with van der Waals surface area (Å²) >= 11 is 7.22. The molecule has 0 bridgehead atoms. The number of hydrogen-bond acceptors (Lipinski definition) is 7. The zero-order valence-corrected chi connectivity index (χ0v) is 17.0. The van der Waals surface area contributed by atoms with Gasteiger partial charge >= 0.3 is 5.56 Å². The lowest BCUT2D eigenvalue weighted by Crippen LogP contribution is -2.13. The van der Waals surface area contributed by atoms with Gasteiger partial charge in [-0.2, -0.15) is 9.80 Å². The SMILES string of the molecule is Cc1[nH]n(-c2nc(-c3ccc(Cl)cc3)cs2)c(=O)c1N=Nc1cccc([N+](=O)[O-])c1. The number of hydrogen-bond donors (Lipinski definition) is 1. The van der Waals surface area contributed by atoms with Crippen LogP contribution >= 0.6 is 22.9 Å². The molecule has 1 N–H and O–H groups in total. The third-order valence-electron chi connectivity index (χ3n) is 4.17. The van der Waals surface area contributed by atoms with Crippen molar-refractivity contribution in [3.8, 4) is 16.4 Å². The number of H-pyrrole nitrogens is 1. The van der Waals surface area contributed by atoms with Crippen molar-refractivity contribution in [2.75, 3.05) is 0 Å². The predicted octanol–water partition coefficient (Wildman–Crippen LogP) is 5.57. The predicted molar refractivity (Wildman–Crippen MR) is 115 cm³/mol. The number of azo groups is 1. The molecule has 2 heterocycles. The Morgan fingerprint density at radius 3 is 2.70 bits per heavy atom. The Morgan fingerprint density at radius 1 is 1.20 bits per heavy atom. The fourth-order valence-corrected chi connectivity index (χ4v) is 3.60. The van der Waals surface area contributed by atoms with Crippen LogP contribution in [0.4, 0.5) is 17.1 Å². The molecule has 2 aromatic heterocycles. The van der Waals surface area contributed by atoms with Gasteiger partial charge in [0, 0.05) is 28.1 Å². The maximum absolute atomic E-state index is 12.8. The van der Waals surface area contributed by atoms with E-state index < -0.39 is 10.5 Å². The number of benzene rings is 2. The Bertz CT molecular complexity index is 1320. The van der Waals surface area contributed by atoms with Crippen molar-refractivity contribution in [1.82, 2.24) is 14.8 Å². The molecule has 9 nitrogen and oxygen atoms in total. The highest BCUT2D eigenvalue weighted by Gasteiger charge is 2.15. The number of nitro benzene ring substituents is 1. The second-order valence-electron chi connectivity index (χ2n) is 6.23. The van der Waals surface area contributed by atoms with E-state index >= 15 is 0 Å². The van der Waals surface area contributed by atoms with E-state index in [1.165, 1.54) is 34.2 Å². The Labute approximate surface area is 178 Å². The van der Waals surface area contributed by atoms with Crippen molar-refractivity contribution < 1.29 is 4.92 Å². The van der Waals surface area contributed by atoms with E-state index in [-0.39, 0.29) is 17.1 Å². The maximum atomic E-state index is 12.8. The fourth-order valence-electron chi connectivity index (χ4n) is 2.69. The lowest BCUT2D eigenvalue weighted by Gasteiger charge is -1.97. The number of aromatic amines is 1. The first-order chi connectivity index (χ1) is 14.4. The normalized spacial score (nSPS) is 11.3. The van der Waals surface area contributed by atoms with Gasteiger partial charge in [-0.1, -0.05) is 29.8 Å². The molecule has 0 saturated carbocycles. The van der Waals surface area contributed by atoms with Crippen molar-refractivity contribution in [2.24, 2.45) is 10.2 Å². The lowest BCUT2D eigenvalue weighted by atomic mass is 10.2. The van der Waals surface area contributed by atoms with Crippen LogP contribution in [0.2, 0.25) is 5.02 Å². The van der Waals surface area contributed by atoms with Crippen molar-refractivity contribution in [3.63, 3.8) is 0 Å². The van der Waals surface area contributed by atoms with Crippen molar-refractivity contribution >= 4 is 40.0 Å². The number of nitrogens with one attached hydrogen (secondary N) is 1. The molecule has 30 heavy (non-hydrogen) atoms. The van der Waals surface area contributed by atoms with E-state index in [0.29, 0.717) is 21.5 Å². The van der Waals surface area contributed by atoms with E-state index in [2.05, 4.69) is 20.3 Å². The number of nitrogens with zero attached hydrogens (tertiary/aromatic N) is 5. The molecule has 4 aromatic rings. The van der Waals surface area contributed by atoms with Gasteiger partial charge in [0.15, 0.2) is 5.69 Å². The summed E-state index contributed by atoms with van der Waals surface area (Å²) in [4.78, 5) is 27.7. The van der Waals surface area contributed by atoms with Crippen LogP contribution in [0.15, 0.2) is 68.9 Å². The monoisotopic (exact) mass is 440 g/mol. The number of aromatic nitrogens is 3. The van der Waals surface area contributed by atoms with E-state index in [4.69, 9.17) is 11.6 Å². The second-order valence-corrected chi connectivity index (χ2v) is 7.50. The molecule has 0 spiro atoms. The third kappa shape index (κ3) is 3.91. The fraction of sp³-hybridized carbons (Fsp3) is 0.0526. The average molecular weight is 441 g/mol. The lowest BCUT2D eigenvalue weighted by molar-refractivity contribution is -0.384. The van der Waals surface area contributed by atoms with Crippen LogP contribution in [0.25, 0.3) is 16.4 Å². The summed E-state index contributed by atoms with van der Waals surface area (Å²) in [5.41, 5.74) is 1.94. The summed E-state index contributed by atoms with van der Waals surface area (Å²) in [6.45, 7) is 1.69. The molecule has 0 aliphatic rings. The van der Waals surface area contributed by atoms with E-state index in [9.17, 15) is 14.9 Å². The summed E-state index contributed by atoms with van der Waals surface area (Å²) in [5.74, 6) is 0. The maximum Gasteiger partial charge on any atom is 0.301 e. The number of aryl methyl sites for hydroxylation is 1. The van der Waals surface area contributed by atoms with Crippen LogP contribution < -0.4 is 5.56 Å². The molecule has 0 amide bonds. The number of nitro groups is 1. The molecule has 0 aliphatic carbocycles. The molecular formula is C19H13ClN6O3S. The van der Waals surface area contributed by atoms with Gasteiger partial charge in [0.1, 0.15) is 0 Å².